The van der Waals surface area contributed by atoms with Crippen LogP contribution in [0.4, 0.5) is 0 Å². The van der Waals surface area contributed by atoms with E-state index in [-0.39, 0.29) is 16.7 Å². The number of carbonyl (C=O) groups excluding carboxylic acids is 1. The average Bonchev–Trinajstić information content (AvgIpc) is 2.48. The van der Waals surface area contributed by atoms with Crippen molar-refractivity contribution in [1.29, 1.82) is 0 Å². The fourth-order valence-electron chi connectivity index (χ4n) is 1.79. The molecular weight excluding hydrogens is 300 g/mol. The van der Waals surface area contributed by atoms with E-state index in [9.17, 15) is 9.59 Å². The Kier molecular flexibility index (Phi) is 4.65. The van der Waals surface area contributed by atoms with Crippen LogP contribution in [0, 0.1) is 0 Å². The van der Waals surface area contributed by atoms with Crippen molar-refractivity contribution in [2.45, 2.75) is 31.3 Å². The Morgan fingerprint density at radius 2 is 1.86 bits per heavy atom. The Labute approximate surface area is 132 Å². The van der Waals surface area contributed by atoms with Crippen LogP contribution in [0.25, 0.3) is 0 Å². The molecule has 1 aromatic carbocycles. The van der Waals surface area contributed by atoms with Crippen molar-refractivity contribution in [2.24, 2.45) is 0 Å². The van der Waals surface area contributed by atoms with Gasteiger partial charge in [0.2, 0.25) is 5.16 Å². The van der Waals surface area contributed by atoms with Gasteiger partial charge in [-0.2, -0.15) is 4.68 Å². The molecule has 0 unspecified atom stereocenters. The lowest BCUT2D eigenvalue weighted by Crippen LogP contribution is -2.38. The Hall–Kier alpha value is -2.15. The maximum absolute atomic E-state index is 12.2. The summed E-state index contributed by atoms with van der Waals surface area (Å²) in [5, 5.41) is 8.16. The monoisotopic (exact) mass is 318 g/mol. The molecule has 2 aromatic rings. The summed E-state index contributed by atoms with van der Waals surface area (Å²) in [6, 6.07) is 8.93. The lowest BCUT2D eigenvalue weighted by Gasteiger charge is -2.17. The molecule has 0 amide bonds. The fourth-order valence-corrected chi connectivity index (χ4v) is 2.54. The smallest absolute Gasteiger partial charge is 0.295 e. The standard InChI is InChI=1S/C15H18N4O2S/c1-15(2,3)12-13(21)19(16)14(18-17-12)22-9-11(20)10-7-5-4-6-8-10/h4-8H,9,16H2,1-3H3. The molecule has 0 radical (unpaired) electrons. The number of nitrogens with zero attached hydrogens (tertiary/aromatic N) is 3. The van der Waals surface area contributed by atoms with Crippen molar-refractivity contribution in [2.75, 3.05) is 11.6 Å². The molecule has 0 saturated heterocycles. The second-order valence-electron chi connectivity index (χ2n) is 5.83. The SMILES string of the molecule is CC(C)(C)c1nnc(SCC(=O)c2ccccc2)n(N)c1=O. The van der Waals surface area contributed by atoms with E-state index >= 15 is 0 Å². The van der Waals surface area contributed by atoms with Crippen LogP contribution in [-0.2, 0) is 5.41 Å². The molecule has 7 heteroatoms. The summed E-state index contributed by atoms with van der Waals surface area (Å²) in [5.41, 5.74) is 0.0833. The first kappa shape index (κ1) is 16.2. The van der Waals surface area contributed by atoms with Crippen molar-refractivity contribution >= 4 is 17.5 Å². The second-order valence-corrected chi connectivity index (χ2v) is 6.78. The molecule has 0 bridgehead atoms. The summed E-state index contributed by atoms with van der Waals surface area (Å²) in [4.78, 5) is 24.2. The zero-order valence-corrected chi connectivity index (χ0v) is 13.6. The van der Waals surface area contributed by atoms with Crippen LogP contribution in [0.15, 0.2) is 40.3 Å². The molecule has 0 aliphatic carbocycles. The van der Waals surface area contributed by atoms with Crippen LogP contribution in [0.1, 0.15) is 36.8 Å². The van der Waals surface area contributed by atoms with Crippen LogP contribution >= 0.6 is 11.8 Å². The van der Waals surface area contributed by atoms with E-state index in [0.29, 0.717) is 11.3 Å². The molecule has 2 N–H and O–H groups in total. The molecule has 0 saturated carbocycles. The summed E-state index contributed by atoms with van der Waals surface area (Å²) in [7, 11) is 0. The number of ketones is 1. The number of Topliss-reactive ketones (excluding diaryl/α,β-unsaturated/α-hetero) is 1. The molecule has 0 aliphatic heterocycles. The van der Waals surface area contributed by atoms with Gasteiger partial charge in [0, 0.05) is 11.0 Å². The predicted octanol–water partition coefficient (Wildman–Crippen LogP) is 1.62. The third-order valence-electron chi connectivity index (χ3n) is 3.00. The van der Waals surface area contributed by atoms with E-state index in [1.165, 1.54) is 0 Å². The van der Waals surface area contributed by atoms with Crippen LogP contribution < -0.4 is 11.4 Å². The Morgan fingerprint density at radius 1 is 1.23 bits per heavy atom. The zero-order valence-electron chi connectivity index (χ0n) is 12.7. The molecular formula is C15H18N4O2S. The summed E-state index contributed by atoms with van der Waals surface area (Å²) in [5.74, 6) is 5.86. The molecule has 22 heavy (non-hydrogen) atoms. The maximum atomic E-state index is 12.2. The Morgan fingerprint density at radius 3 is 2.45 bits per heavy atom. The van der Waals surface area contributed by atoms with Gasteiger partial charge in [-0.25, -0.2) is 0 Å². The van der Waals surface area contributed by atoms with Gasteiger partial charge >= 0.3 is 0 Å². The van der Waals surface area contributed by atoms with Gasteiger partial charge in [-0.1, -0.05) is 62.9 Å². The number of carbonyl (C=O) groups is 1. The molecule has 0 fully saturated rings. The number of rotatable bonds is 4. The van der Waals surface area contributed by atoms with Gasteiger partial charge in [-0.3, -0.25) is 9.59 Å². The van der Waals surface area contributed by atoms with E-state index < -0.39 is 11.0 Å². The molecule has 0 spiro atoms. The summed E-state index contributed by atoms with van der Waals surface area (Å²) in [6.07, 6.45) is 0. The lowest BCUT2D eigenvalue weighted by molar-refractivity contribution is 0.102. The fraction of sp³-hybridized carbons (Fsp3) is 0.333. The van der Waals surface area contributed by atoms with Gasteiger partial charge in [0.1, 0.15) is 5.69 Å². The third-order valence-corrected chi connectivity index (χ3v) is 3.94. The van der Waals surface area contributed by atoms with Gasteiger partial charge in [-0.15, -0.1) is 10.2 Å². The Bertz CT molecular complexity index is 735. The summed E-state index contributed by atoms with van der Waals surface area (Å²) >= 11 is 1.10. The number of nitrogens with two attached hydrogens (primary N) is 1. The molecule has 6 nitrogen and oxygen atoms in total. The number of nitrogen functional groups attached to an aromatic ring is 1. The van der Waals surface area contributed by atoms with E-state index in [2.05, 4.69) is 10.2 Å². The predicted molar refractivity (Wildman–Crippen MR) is 86.6 cm³/mol. The van der Waals surface area contributed by atoms with E-state index in [4.69, 9.17) is 5.84 Å². The largest absolute Gasteiger partial charge is 0.334 e. The first-order valence-electron chi connectivity index (χ1n) is 6.77. The van der Waals surface area contributed by atoms with Gasteiger partial charge in [0.25, 0.3) is 5.56 Å². The van der Waals surface area contributed by atoms with Gasteiger partial charge < -0.3 is 5.84 Å². The minimum Gasteiger partial charge on any atom is -0.334 e. The highest BCUT2D eigenvalue weighted by atomic mass is 32.2. The highest BCUT2D eigenvalue weighted by Gasteiger charge is 2.23. The second kappa shape index (κ2) is 6.31. The van der Waals surface area contributed by atoms with Crippen LogP contribution in [0.5, 0.6) is 0 Å². The molecule has 2 rings (SSSR count). The first-order valence-corrected chi connectivity index (χ1v) is 7.75. The van der Waals surface area contributed by atoms with Crippen LogP contribution in [0.2, 0.25) is 0 Å². The third kappa shape index (κ3) is 3.54. The van der Waals surface area contributed by atoms with Crippen molar-refractivity contribution in [3.63, 3.8) is 0 Å². The van der Waals surface area contributed by atoms with E-state index in [1.54, 1.807) is 24.3 Å². The number of hydrogen-bond donors (Lipinski definition) is 1. The van der Waals surface area contributed by atoms with Gasteiger partial charge in [0.15, 0.2) is 5.78 Å². The summed E-state index contributed by atoms with van der Waals surface area (Å²) in [6.45, 7) is 5.60. The molecule has 0 atom stereocenters. The average molecular weight is 318 g/mol. The molecule has 0 aliphatic rings. The normalized spacial score (nSPS) is 11.4. The number of hydrogen-bond acceptors (Lipinski definition) is 6. The first-order chi connectivity index (χ1) is 10.3. The van der Waals surface area contributed by atoms with Crippen molar-refractivity contribution in [3.05, 3.63) is 51.9 Å². The van der Waals surface area contributed by atoms with Crippen LogP contribution in [0.3, 0.4) is 0 Å². The van der Waals surface area contributed by atoms with E-state index in [0.717, 1.165) is 16.4 Å². The van der Waals surface area contributed by atoms with Gasteiger partial charge in [0.05, 0.1) is 5.75 Å². The summed E-state index contributed by atoms with van der Waals surface area (Å²) < 4.78 is 0.955. The van der Waals surface area contributed by atoms with Crippen molar-refractivity contribution in [3.8, 4) is 0 Å². The minimum absolute atomic E-state index is 0.0558. The molecule has 1 heterocycles. The topological polar surface area (TPSA) is 90.9 Å². The Balaban J connectivity index is 2.17. The van der Waals surface area contributed by atoms with Gasteiger partial charge in [-0.05, 0) is 0 Å². The zero-order chi connectivity index (χ0) is 16.3. The number of aromatic nitrogens is 3. The van der Waals surface area contributed by atoms with Crippen LogP contribution in [-0.4, -0.2) is 26.4 Å². The quantitative estimate of drug-likeness (QED) is 0.523. The van der Waals surface area contributed by atoms with Crippen molar-refractivity contribution in [1.82, 2.24) is 14.9 Å². The highest BCUT2D eigenvalue weighted by Crippen LogP contribution is 2.18. The number of benzene rings is 1. The highest BCUT2D eigenvalue weighted by molar-refractivity contribution is 7.99. The molecule has 116 valence electrons. The number of thioether (sulfide) groups is 1. The lowest BCUT2D eigenvalue weighted by atomic mass is 9.93. The maximum Gasteiger partial charge on any atom is 0.295 e. The van der Waals surface area contributed by atoms with Crippen molar-refractivity contribution < 1.29 is 4.79 Å². The molecule has 1 aromatic heterocycles. The minimum atomic E-state index is -0.436. The van der Waals surface area contributed by atoms with E-state index in [1.807, 2.05) is 26.8 Å².